The number of carbonyl (C=O) groups excluding carboxylic acids is 1. The lowest BCUT2D eigenvalue weighted by Crippen LogP contribution is -2.16. The second-order valence-electron chi connectivity index (χ2n) is 3.80. The van der Waals surface area contributed by atoms with Crippen LogP contribution in [0.15, 0.2) is 30.6 Å². The van der Waals surface area contributed by atoms with E-state index in [0.29, 0.717) is 36.0 Å². The summed E-state index contributed by atoms with van der Waals surface area (Å²) in [7, 11) is 0. The number of aromatic amines is 1. The van der Waals surface area contributed by atoms with Crippen molar-refractivity contribution in [2.24, 2.45) is 0 Å². The number of benzene rings is 1. The van der Waals surface area contributed by atoms with Gasteiger partial charge in [0, 0.05) is 18.0 Å². The largest absolute Gasteiger partial charge is 0.486 e. The van der Waals surface area contributed by atoms with Crippen molar-refractivity contribution in [3.8, 4) is 11.5 Å². The summed E-state index contributed by atoms with van der Waals surface area (Å²) in [6, 6.07) is 5.29. The van der Waals surface area contributed by atoms with E-state index in [1.54, 1.807) is 18.2 Å². The van der Waals surface area contributed by atoms with Crippen LogP contribution in [-0.2, 0) is 0 Å². The molecule has 6 nitrogen and oxygen atoms in total. The number of fused-ring (bicyclic) bond motifs is 1. The Bertz CT molecular complexity index is 566. The molecule has 92 valence electrons. The molecule has 0 radical (unpaired) electrons. The Morgan fingerprint density at radius 2 is 2.11 bits per heavy atom. The first kappa shape index (κ1) is 10.6. The maximum Gasteiger partial charge on any atom is 0.258 e. The second-order valence-corrected chi connectivity index (χ2v) is 3.80. The minimum Gasteiger partial charge on any atom is -0.486 e. The fourth-order valence-corrected chi connectivity index (χ4v) is 1.70. The third-order valence-electron chi connectivity index (χ3n) is 2.56. The Hall–Kier alpha value is -2.50. The Labute approximate surface area is 103 Å². The number of aromatic nitrogens is 2. The monoisotopic (exact) mass is 245 g/mol. The molecule has 1 aromatic carbocycles. The van der Waals surface area contributed by atoms with Crippen molar-refractivity contribution >= 4 is 11.6 Å². The zero-order valence-corrected chi connectivity index (χ0v) is 9.47. The molecule has 0 atom stereocenters. The van der Waals surface area contributed by atoms with Crippen molar-refractivity contribution in [2.45, 2.75) is 0 Å². The molecule has 0 saturated carbocycles. The topological polar surface area (TPSA) is 76.2 Å². The van der Waals surface area contributed by atoms with Crippen LogP contribution in [0.2, 0.25) is 0 Å². The summed E-state index contributed by atoms with van der Waals surface area (Å²) < 4.78 is 10.8. The zero-order chi connectivity index (χ0) is 12.4. The Balaban J connectivity index is 1.79. The van der Waals surface area contributed by atoms with E-state index in [4.69, 9.17) is 9.47 Å². The van der Waals surface area contributed by atoms with Crippen molar-refractivity contribution in [1.82, 2.24) is 10.2 Å². The molecular formula is C12H11N3O3. The summed E-state index contributed by atoms with van der Waals surface area (Å²) >= 11 is 0. The quantitative estimate of drug-likeness (QED) is 0.839. The molecule has 0 unspecified atom stereocenters. The predicted octanol–water partition coefficient (Wildman–Crippen LogP) is 1.43. The fourth-order valence-electron chi connectivity index (χ4n) is 1.70. The van der Waals surface area contributed by atoms with Crippen molar-refractivity contribution in [3.05, 3.63) is 36.2 Å². The number of H-pyrrole nitrogens is 1. The maximum absolute atomic E-state index is 11.8. The molecule has 0 aliphatic carbocycles. The van der Waals surface area contributed by atoms with Crippen molar-refractivity contribution in [2.75, 3.05) is 18.5 Å². The molecule has 2 aromatic rings. The number of anilines is 1. The summed E-state index contributed by atoms with van der Waals surface area (Å²) in [5.41, 5.74) is 1.13. The lowest BCUT2D eigenvalue weighted by molar-refractivity contribution is 0.102. The van der Waals surface area contributed by atoms with E-state index in [1.165, 1.54) is 12.4 Å². The van der Waals surface area contributed by atoms with Crippen molar-refractivity contribution in [1.29, 1.82) is 0 Å². The minimum atomic E-state index is -0.222. The van der Waals surface area contributed by atoms with Crippen LogP contribution >= 0.6 is 0 Å². The molecule has 0 spiro atoms. The highest BCUT2D eigenvalue weighted by Crippen LogP contribution is 2.32. The van der Waals surface area contributed by atoms with Crippen molar-refractivity contribution in [3.63, 3.8) is 0 Å². The summed E-state index contributed by atoms with van der Waals surface area (Å²) in [5.74, 6) is 1.12. The van der Waals surface area contributed by atoms with Crippen LogP contribution in [0.25, 0.3) is 0 Å². The van der Waals surface area contributed by atoms with E-state index in [9.17, 15) is 4.79 Å². The van der Waals surface area contributed by atoms with Crippen LogP contribution in [0.5, 0.6) is 11.5 Å². The van der Waals surface area contributed by atoms with Crippen molar-refractivity contribution < 1.29 is 14.3 Å². The zero-order valence-electron chi connectivity index (χ0n) is 9.47. The van der Waals surface area contributed by atoms with Gasteiger partial charge in [-0.15, -0.1) is 0 Å². The SMILES string of the molecule is O=C(Nc1ccc2c(c1)OCCO2)c1cn[nH]c1. The predicted molar refractivity (Wildman–Crippen MR) is 64.0 cm³/mol. The normalized spacial score (nSPS) is 13.1. The van der Waals surface area contributed by atoms with Gasteiger partial charge in [0.2, 0.25) is 0 Å². The van der Waals surface area contributed by atoms with E-state index < -0.39 is 0 Å². The lowest BCUT2D eigenvalue weighted by Gasteiger charge is -2.18. The van der Waals surface area contributed by atoms with Gasteiger partial charge in [-0.1, -0.05) is 0 Å². The third kappa shape index (κ3) is 2.00. The first-order valence-corrected chi connectivity index (χ1v) is 5.53. The summed E-state index contributed by atoms with van der Waals surface area (Å²) in [5, 5.41) is 9.08. The average molecular weight is 245 g/mol. The number of hydrogen-bond acceptors (Lipinski definition) is 4. The molecule has 1 aromatic heterocycles. The van der Waals surface area contributed by atoms with E-state index in [0.717, 1.165) is 0 Å². The van der Waals surface area contributed by atoms with Crippen LogP contribution in [0.4, 0.5) is 5.69 Å². The van der Waals surface area contributed by atoms with E-state index in [1.807, 2.05) is 0 Å². The van der Waals surface area contributed by atoms with Gasteiger partial charge in [0.15, 0.2) is 11.5 Å². The summed E-state index contributed by atoms with van der Waals surface area (Å²) in [4.78, 5) is 11.8. The fraction of sp³-hybridized carbons (Fsp3) is 0.167. The number of hydrogen-bond donors (Lipinski definition) is 2. The Kier molecular flexibility index (Phi) is 2.60. The first-order valence-electron chi connectivity index (χ1n) is 5.53. The molecule has 2 N–H and O–H groups in total. The highest BCUT2D eigenvalue weighted by Gasteiger charge is 2.13. The maximum atomic E-state index is 11.8. The van der Waals surface area contributed by atoms with Crippen LogP contribution in [0, 0.1) is 0 Å². The van der Waals surface area contributed by atoms with Gasteiger partial charge in [0.05, 0.1) is 11.8 Å². The van der Waals surface area contributed by atoms with Gasteiger partial charge >= 0.3 is 0 Å². The Morgan fingerprint density at radius 1 is 1.28 bits per heavy atom. The van der Waals surface area contributed by atoms with Crippen LogP contribution in [-0.4, -0.2) is 29.3 Å². The average Bonchev–Trinajstić information content (AvgIpc) is 2.92. The molecule has 1 aliphatic rings. The summed E-state index contributed by atoms with van der Waals surface area (Å²) in [6.07, 6.45) is 3.00. The molecule has 0 fully saturated rings. The van der Waals surface area contributed by atoms with Gasteiger partial charge in [-0.2, -0.15) is 5.10 Å². The van der Waals surface area contributed by atoms with E-state index >= 15 is 0 Å². The van der Waals surface area contributed by atoms with Crippen LogP contribution < -0.4 is 14.8 Å². The molecule has 2 heterocycles. The Morgan fingerprint density at radius 3 is 2.89 bits per heavy atom. The standard InChI is InChI=1S/C12H11N3O3/c16-12(8-6-13-14-7-8)15-9-1-2-10-11(5-9)18-4-3-17-10/h1-2,5-7H,3-4H2,(H,13,14)(H,15,16). The molecule has 0 saturated heterocycles. The third-order valence-corrected chi connectivity index (χ3v) is 2.56. The van der Waals surface area contributed by atoms with Crippen LogP contribution in [0.3, 0.4) is 0 Å². The van der Waals surface area contributed by atoms with Gasteiger partial charge in [0.25, 0.3) is 5.91 Å². The highest BCUT2D eigenvalue weighted by atomic mass is 16.6. The molecule has 1 aliphatic heterocycles. The number of ether oxygens (including phenoxy) is 2. The number of rotatable bonds is 2. The molecular weight excluding hydrogens is 234 g/mol. The minimum absolute atomic E-state index is 0.222. The van der Waals surface area contributed by atoms with Gasteiger partial charge < -0.3 is 14.8 Å². The van der Waals surface area contributed by atoms with Gasteiger partial charge in [-0.3, -0.25) is 9.89 Å². The molecule has 1 amide bonds. The molecule has 6 heteroatoms. The van der Waals surface area contributed by atoms with E-state index in [2.05, 4.69) is 15.5 Å². The smallest absolute Gasteiger partial charge is 0.258 e. The molecule has 3 rings (SSSR count). The van der Waals surface area contributed by atoms with Crippen LogP contribution in [0.1, 0.15) is 10.4 Å². The summed E-state index contributed by atoms with van der Waals surface area (Å²) in [6.45, 7) is 1.07. The lowest BCUT2D eigenvalue weighted by atomic mass is 10.2. The highest BCUT2D eigenvalue weighted by molar-refractivity contribution is 6.04. The number of nitrogens with one attached hydrogen (secondary N) is 2. The number of carbonyl (C=O) groups is 1. The van der Waals surface area contributed by atoms with Gasteiger partial charge in [-0.25, -0.2) is 0 Å². The second kappa shape index (κ2) is 4.40. The first-order chi connectivity index (χ1) is 8.83. The van der Waals surface area contributed by atoms with Gasteiger partial charge in [0.1, 0.15) is 13.2 Å². The van der Waals surface area contributed by atoms with Gasteiger partial charge in [-0.05, 0) is 12.1 Å². The number of nitrogens with zero attached hydrogens (tertiary/aromatic N) is 1. The number of amides is 1. The molecule has 0 bridgehead atoms. The van der Waals surface area contributed by atoms with E-state index in [-0.39, 0.29) is 5.91 Å². The molecule has 18 heavy (non-hydrogen) atoms.